The minimum absolute atomic E-state index is 0.851. The number of aromatic nitrogens is 4. The summed E-state index contributed by atoms with van der Waals surface area (Å²) in [5.74, 6) is 0. The second-order valence-electron chi connectivity index (χ2n) is 6.57. The van der Waals surface area contributed by atoms with Crippen molar-refractivity contribution < 1.29 is 0 Å². The number of benzene rings is 1. The van der Waals surface area contributed by atoms with Gasteiger partial charge >= 0.3 is 0 Å². The van der Waals surface area contributed by atoms with E-state index in [9.17, 15) is 0 Å². The Morgan fingerprint density at radius 3 is 2.25 bits per heavy atom. The quantitative estimate of drug-likeness (QED) is 0.397. The molecule has 0 N–H and O–H groups in total. The number of aryl methyl sites for hydroxylation is 1. The fourth-order valence-corrected chi connectivity index (χ4v) is 4.20. The second-order valence-corrected chi connectivity index (χ2v) is 7.65. The molecule has 0 aliphatic carbocycles. The number of fused-ring (bicyclic) bond motifs is 1. The molecular weight excluding hydrogens is 364 g/mol. The lowest BCUT2D eigenvalue weighted by Gasteiger charge is -2.08. The third-order valence-electron chi connectivity index (χ3n) is 4.63. The molecule has 134 valence electrons. The monoisotopic (exact) mass is 380 g/mol. The summed E-state index contributed by atoms with van der Waals surface area (Å²) in [5, 5.41) is 11.3. The Morgan fingerprint density at radius 2 is 1.50 bits per heavy atom. The van der Waals surface area contributed by atoms with Crippen LogP contribution in [0.1, 0.15) is 5.56 Å². The molecule has 5 aromatic rings. The number of nitrogens with zero attached hydrogens (tertiary/aromatic N) is 4. The zero-order valence-electron chi connectivity index (χ0n) is 15.2. The summed E-state index contributed by atoms with van der Waals surface area (Å²) >= 11 is 1.68. The van der Waals surface area contributed by atoms with E-state index in [0.717, 1.165) is 48.7 Å². The van der Waals surface area contributed by atoms with E-state index in [4.69, 9.17) is 0 Å². The first-order chi connectivity index (χ1) is 13.8. The van der Waals surface area contributed by atoms with Crippen LogP contribution in [-0.4, -0.2) is 20.2 Å². The van der Waals surface area contributed by atoms with Crippen LogP contribution in [0.25, 0.3) is 43.2 Å². The molecule has 5 heteroatoms. The zero-order chi connectivity index (χ0) is 18.9. The molecule has 5 rings (SSSR count). The first kappa shape index (κ1) is 16.7. The summed E-state index contributed by atoms with van der Waals surface area (Å²) in [6, 6.07) is 20.5. The van der Waals surface area contributed by atoms with E-state index in [1.807, 2.05) is 43.6 Å². The van der Waals surface area contributed by atoms with Crippen LogP contribution >= 0.6 is 11.3 Å². The van der Waals surface area contributed by atoms with E-state index in [2.05, 4.69) is 56.6 Å². The van der Waals surface area contributed by atoms with Crippen molar-refractivity contribution in [2.45, 2.75) is 6.92 Å². The van der Waals surface area contributed by atoms with Crippen molar-refractivity contribution in [1.29, 1.82) is 0 Å². The molecule has 0 aliphatic heterocycles. The summed E-state index contributed by atoms with van der Waals surface area (Å²) in [6.45, 7) is 2.04. The van der Waals surface area contributed by atoms with E-state index in [0.29, 0.717) is 0 Å². The Labute approximate surface area is 166 Å². The van der Waals surface area contributed by atoms with Gasteiger partial charge in [0.05, 0.1) is 15.4 Å². The average Bonchev–Trinajstić information content (AvgIpc) is 3.24. The van der Waals surface area contributed by atoms with Crippen LogP contribution in [0.3, 0.4) is 0 Å². The van der Waals surface area contributed by atoms with Crippen LogP contribution in [0.2, 0.25) is 0 Å². The normalized spacial score (nSPS) is 11.0. The molecule has 0 amide bonds. The van der Waals surface area contributed by atoms with Crippen molar-refractivity contribution in [3.05, 3.63) is 84.8 Å². The molecule has 0 fully saturated rings. The lowest BCUT2D eigenvalue weighted by Crippen LogP contribution is -1.94. The largest absolute Gasteiger partial charge is 0.264 e. The highest BCUT2D eigenvalue weighted by atomic mass is 32.1. The first-order valence-corrected chi connectivity index (χ1v) is 9.80. The molecule has 4 nitrogen and oxygen atoms in total. The van der Waals surface area contributed by atoms with Crippen molar-refractivity contribution in [3.8, 4) is 32.4 Å². The molecule has 28 heavy (non-hydrogen) atoms. The fraction of sp³-hybridized carbons (Fsp3) is 0.0435. The summed E-state index contributed by atoms with van der Waals surface area (Å²) in [5.41, 5.74) is 4.85. The Bertz CT molecular complexity index is 1260. The van der Waals surface area contributed by atoms with Gasteiger partial charge < -0.3 is 0 Å². The summed E-state index contributed by atoms with van der Waals surface area (Å²) in [4.78, 5) is 11.0. The molecule has 4 heterocycles. The SMILES string of the molecule is Cc1ccc(-c2ccc(-c3nnc(-c4cccnc4)c4ccccc34)s2)nc1. The van der Waals surface area contributed by atoms with Crippen LogP contribution in [-0.2, 0) is 0 Å². The first-order valence-electron chi connectivity index (χ1n) is 8.99. The van der Waals surface area contributed by atoms with Gasteiger partial charge in [-0.1, -0.05) is 30.3 Å². The smallest absolute Gasteiger partial charge is 0.111 e. The number of hydrogen-bond acceptors (Lipinski definition) is 5. The topological polar surface area (TPSA) is 51.6 Å². The van der Waals surface area contributed by atoms with E-state index in [1.165, 1.54) is 0 Å². The van der Waals surface area contributed by atoms with E-state index < -0.39 is 0 Å². The van der Waals surface area contributed by atoms with Gasteiger partial charge in [0.1, 0.15) is 11.4 Å². The van der Waals surface area contributed by atoms with Gasteiger partial charge in [0.25, 0.3) is 0 Å². The highest BCUT2D eigenvalue weighted by Gasteiger charge is 2.14. The maximum Gasteiger partial charge on any atom is 0.111 e. The Hall–Kier alpha value is -3.44. The molecule has 0 aliphatic rings. The average molecular weight is 380 g/mol. The van der Waals surface area contributed by atoms with Crippen molar-refractivity contribution in [2.24, 2.45) is 0 Å². The van der Waals surface area contributed by atoms with E-state index in [1.54, 1.807) is 17.5 Å². The highest BCUT2D eigenvalue weighted by molar-refractivity contribution is 7.18. The predicted molar refractivity (Wildman–Crippen MR) is 114 cm³/mol. The van der Waals surface area contributed by atoms with Crippen molar-refractivity contribution in [2.75, 3.05) is 0 Å². The maximum atomic E-state index is 4.59. The molecule has 0 atom stereocenters. The molecular formula is C23H16N4S. The van der Waals surface area contributed by atoms with E-state index in [-0.39, 0.29) is 0 Å². The Morgan fingerprint density at radius 1 is 0.714 bits per heavy atom. The van der Waals surface area contributed by atoms with Gasteiger partial charge in [-0.05, 0) is 42.8 Å². The third-order valence-corrected chi connectivity index (χ3v) is 5.74. The Kier molecular flexibility index (Phi) is 4.14. The highest BCUT2D eigenvalue weighted by Crippen LogP contribution is 2.37. The van der Waals surface area contributed by atoms with Gasteiger partial charge in [-0.2, -0.15) is 0 Å². The van der Waals surface area contributed by atoms with Crippen LogP contribution in [0.4, 0.5) is 0 Å². The molecule has 0 spiro atoms. The fourth-order valence-electron chi connectivity index (χ4n) is 3.22. The molecule has 0 saturated heterocycles. The van der Waals surface area contributed by atoms with Gasteiger partial charge in [-0.3, -0.25) is 9.97 Å². The number of hydrogen-bond donors (Lipinski definition) is 0. The molecule has 0 bridgehead atoms. The predicted octanol–water partition coefficient (Wildman–Crippen LogP) is 5.79. The zero-order valence-corrected chi connectivity index (χ0v) is 16.0. The second kappa shape index (κ2) is 6.94. The Balaban J connectivity index is 1.64. The number of pyridine rings is 2. The molecule has 4 aromatic heterocycles. The number of thiophene rings is 1. The van der Waals surface area contributed by atoms with Crippen molar-refractivity contribution >= 4 is 22.1 Å². The van der Waals surface area contributed by atoms with E-state index >= 15 is 0 Å². The van der Waals surface area contributed by atoms with Crippen LogP contribution in [0, 0.1) is 6.92 Å². The van der Waals surface area contributed by atoms with Gasteiger partial charge in [0.2, 0.25) is 0 Å². The van der Waals surface area contributed by atoms with Crippen LogP contribution in [0.15, 0.2) is 79.3 Å². The third kappa shape index (κ3) is 2.96. The standard InChI is InChI=1S/C23H16N4S/c1-15-8-9-19(25-13-15)20-10-11-21(28-20)23-18-7-3-2-6-17(18)22(26-27-23)16-5-4-12-24-14-16/h2-14H,1H3. The summed E-state index contributed by atoms with van der Waals surface area (Å²) < 4.78 is 0. The van der Waals surface area contributed by atoms with Gasteiger partial charge in [-0.15, -0.1) is 21.5 Å². The van der Waals surface area contributed by atoms with Crippen LogP contribution in [0.5, 0.6) is 0 Å². The molecule has 0 radical (unpaired) electrons. The summed E-state index contributed by atoms with van der Waals surface area (Å²) in [6.07, 6.45) is 5.48. The molecule has 1 aromatic carbocycles. The van der Waals surface area contributed by atoms with Crippen molar-refractivity contribution in [1.82, 2.24) is 20.2 Å². The molecule has 0 unspecified atom stereocenters. The van der Waals surface area contributed by atoms with Gasteiger partial charge in [-0.25, -0.2) is 0 Å². The maximum absolute atomic E-state index is 4.59. The lowest BCUT2D eigenvalue weighted by atomic mass is 10.0. The minimum atomic E-state index is 0.851. The number of rotatable bonds is 3. The minimum Gasteiger partial charge on any atom is -0.264 e. The van der Waals surface area contributed by atoms with Crippen molar-refractivity contribution in [3.63, 3.8) is 0 Å². The van der Waals surface area contributed by atoms with Gasteiger partial charge in [0, 0.05) is 34.9 Å². The van der Waals surface area contributed by atoms with Crippen LogP contribution < -0.4 is 0 Å². The summed E-state index contributed by atoms with van der Waals surface area (Å²) in [7, 11) is 0. The lowest BCUT2D eigenvalue weighted by molar-refractivity contribution is 1.06. The molecule has 0 saturated carbocycles. The van der Waals surface area contributed by atoms with Gasteiger partial charge in [0.15, 0.2) is 0 Å².